The number of nitrogens with one attached hydrogen (secondary N) is 1. The van der Waals surface area contributed by atoms with Crippen LogP contribution in [0.2, 0.25) is 0 Å². The maximum absolute atomic E-state index is 5.50. The van der Waals surface area contributed by atoms with Gasteiger partial charge in [0.15, 0.2) is 23.0 Å². The summed E-state index contributed by atoms with van der Waals surface area (Å²) in [4.78, 5) is 0. The van der Waals surface area contributed by atoms with E-state index in [4.69, 9.17) is 18.9 Å². The summed E-state index contributed by atoms with van der Waals surface area (Å²) in [5.41, 5.74) is 4.50. The molecule has 0 aliphatic carbocycles. The minimum absolute atomic E-state index is 0.679. The molecular weight excluding hydrogens is 366 g/mol. The Balaban J connectivity index is 1.83. The molecule has 0 aliphatic heterocycles. The summed E-state index contributed by atoms with van der Waals surface area (Å²) in [6.07, 6.45) is 0. The van der Waals surface area contributed by atoms with Crippen molar-refractivity contribution in [2.24, 2.45) is 0 Å². The molecule has 0 radical (unpaired) electrons. The maximum Gasteiger partial charge on any atom is 0.161 e. The van der Waals surface area contributed by atoms with Gasteiger partial charge in [-0.2, -0.15) is 0 Å². The lowest BCUT2D eigenvalue weighted by atomic mass is 9.98. The number of hydrogen-bond donors (Lipinski definition) is 1. The maximum atomic E-state index is 5.50. The molecule has 0 atom stereocenters. The van der Waals surface area contributed by atoms with Crippen molar-refractivity contribution >= 4 is 0 Å². The quantitative estimate of drug-likeness (QED) is 0.572. The minimum atomic E-state index is 0.679. The van der Waals surface area contributed by atoms with E-state index in [0.29, 0.717) is 13.1 Å². The van der Waals surface area contributed by atoms with Crippen LogP contribution in [0.5, 0.6) is 23.0 Å². The Bertz CT molecular complexity index is 941. The first-order valence-corrected chi connectivity index (χ1v) is 9.42. The van der Waals surface area contributed by atoms with Gasteiger partial charge in [-0.25, -0.2) is 0 Å². The van der Waals surface area contributed by atoms with Crippen molar-refractivity contribution in [1.29, 1.82) is 0 Å². The van der Waals surface area contributed by atoms with E-state index in [2.05, 4.69) is 17.4 Å². The molecule has 3 rings (SSSR count). The first-order chi connectivity index (χ1) is 14.2. The number of hydrogen-bond acceptors (Lipinski definition) is 5. The molecule has 5 heteroatoms. The highest BCUT2D eigenvalue weighted by Crippen LogP contribution is 2.36. The van der Waals surface area contributed by atoms with Gasteiger partial charge in [0.1, 0.15) is 0 Å². The van der Waals surface area contributed by atoms with Crippen molar-refractivity contribution in [2.75, 3.05) is 28.4 Å². The topological polar surface area (TPSA) is 49.0 Å². The molecule has 3 aromatic carbocycles. The van der Waals surface area contributed by atoms with Crippen LogP contribution < -0.4 is 24.3 Å². The SMILES string of the molecule is COc1ccc(CNCc2cc(OC)c(OC)cc2-c2ccccc2)cc1OC. The predicted octanol–water partition coefficient (Wildman–Crippen LogP) is 4.68. The van der Waals surface area contributed by atoms with Crippen LogP contribution in [0.15, 0.2) is 60.7 Å². The van der Waals surface area contributed by atoms with Gasteiger partial charge < -0.3 is 24.3 Å². The van der Waals surface area contributed by atoms with Gasteiger partial charge in [-0.15, -0.1) is 0 Å². The second kappa shape index (κ2) is 9.85. The predicted molar refractivity (Wildman–Crippen MR) is 115 cm³/mol. The summed E-state index contributed by atoms with van der Waals surface area (Å²) < 4.78 is 21.7. The molecule has 0 heterocycles. The Morgan fingerprint density at radius 1 is 0.621 bits per heavy atom. The molecule has 0 bridgehead atoms. The van der Waals surface area contributed by atoms with Crippen molar-refractivity contribution in [3.8, 4) is 34.1 Å². The van der Waals surface area contributed by atoms with Crippen LogP contribution in [0.4, 0.5) is 0 Å². The summed E-state index contributed by atoms with van der Waals surface area (Å²) in [5.74, 6) is 2.88. The summed E-state index contributed by atoms with van der Waals surface area (Å²) in [5, 5.41) is 3.51. The van der Waals surface area contributed by atoms with Crippen LogP contribution in [-0.2, 0) is 13.1 Å². The van der Waals surface area contributed by atoms with Crippen molar-refractivity contribution in [3.63, 3.8) is 0 Å². The van der Waals surface area contributed by atoms with Crippen molar-refractivity contribution < 1.29 is 18.9 Å². The van der Waals surface area contributed by atoms with Crippen molar-refractivity contribution in [2.45, 2.75) is 13.1 Å². The molecule has 5 nitrogen and oxygen atoms in total. The highest BCUT2D eigenvalue weighted by Gasteiger charge is 2.13. The third kappa shape index (κ3) is 4.81. The number of methoxy groups -OCH3 is 4. The van der Waals surface area contributed by atoms with Gasteiger partial charge >= 0.3 is 0 Å². The van der Waals surface area contributed by atoms with Crippen LogP contribution in [0.25, 0.3) is 11.1 Å². The van der Waals surface area contributed by atoms with Gasteiger partial charge in [0.2, 0.25) is 0 Å². The van der Waals surface area contributed by atoms with Gasteiger partial charge in [0.25, 0.3) is 0 Å². The van der Waals surface area contributed by atoms with Crippen LogP contribution in [-0.4, -0.2) is 28.4 Å². The summed E-state index contributed by atoms with van der Waals surface area (Å²) >= 11 is 0. The van der Waals surface area contributed by atoms with E-state index in [1.807, 2.05) is 48.5 Å². The second-order valence-electron chi connectivity index (χ2n) is 6.52. The Labute approximate surface area is 172 Å². The highest BCUT2D eigenvalue weighted by molar-refractivity contribution is 5.71. The fraction of sp³-hybridized carbons (Fsp3) is 0.250. The zero-order chi connectivity index (χ0) is 20.6. The summed E-state index contributed by atoms with van der Waals surface area (Å²) in [7, 11) is 6.59. The Kier molecular flexibility index (Phi) is 6.98. The van der Waals surface area contributed by atoms with E-state index in [0.717, 1.165) is 45.3 Å². The minimum Gasteiger partial charge on any atom is -0.493 e. The summed E-state index contributed by atoms with van der Waals surface area (Å²) in [6.45, 7) is 1.38. The molecule has 0 aromatic heterocycles. The highest BCUT2D eigenvalue weighted by atomic mass is 16.5. The van der Waals surface area contributed by atoms with Crippen LogP contribution in [0, 0.1) is 0 Å². The molecule has 0 saturated heterocycles. The lowest BCUT2D eigenvalue weighted by Crippen LogP contribution is -2.14. The van der Waals surface area contributed by atoms with E-state index in [9.17, 15) is 0 Å². The molecule has 0 unspecified atom stereocenters. The summed E-state index contributed by atoms with van der Waals surface area (Å²) in [6, 6.07) is 20.3. The normalized spacial score (nSPS) is 10.5. The molecular formula is C24H27NO4. The molecule has 0 aliphatic rings. The van der Waals surface area contributed by atoms with Gasteiger partial charge in [0.05, 0.1) is 28.4 Å². The first-order valence-electron chi connectivity index (χ1n) is 9.42. The van der Waals surface area contributed by atoms with E-state index >= 15 is 0 Å². The standard InChI is InChI=1S/C24H27NO4/c1-26-21-11-10-17(12-22(21)27-2)15-25-16-19-13-23(28-3)24(29-4)14-20(19)18-8-6-5-7-9-18/h5-14,25H,15-16H2,1-4H3. The molecule has 152 valence electrons. The fourth-order valence-electron chi connectivity index (χ4n) is 3.29. The van der Waals surface area contributed by atoms with Crippen LogP contribution in [0.1, 0.15) is 11.1 Å². The molecule has 1 N–H and O–H groups in total. The molecule has 0 amide bonds. The van der Waals surface area contributed by atoms with Crippen LogP contribution >= 0.6 is 0 Å². The Morgan fingerprint density at radius 2 is 1.24 bits per heavy atom. The number of rotatable bonds is 9. The van der Waals surface area contributed by atoms with E-state index in [1.165, 1.54) is 0 Å². The Hall–Kier alpha value is -3.18. The third-order valence-electron chi connectivity index (χ3n) is 4.79. The fourth-order valence-corrected chi connectivity index (χ4v) is 3.29. The largest absolute Gasteiger partial charge is 0.493 e. The van der Waals surface area contributed by atoms with E-state index in [-0.39, 0.29) is 0 Å². The average molecular weight is 393 g/mol. The van der Waals surface area contributed by atoms with Gasteiger partial charge in [-0.3, -0.25) is 0 Å². The molecule has 0 fully saturated rings. The van der Waals surface area contributed by atoms with Gasteiger partial charge in [0, 0.05) is 13.1 Å². The second-order valence-corrected chi connectivity index (χ2v) is 6.52. The number of ether oxygens (including phenoxy) is 4. The van der Waals surface area contributed by atoms with Crippen molar-refractivity contribution in [3.05, 3.63) is 71.8 Å². The molecule has 0 spiro atoms. The Morgan fingerprint density at radius 3 is 1.90 bits per heavy atom. The van der Waals surface area contributed by atoms with Crippen molar-refractivity contribution in [1.82, 2.24) is 5.32 Å². The van der Waals surface area contributed by atoms with Gasteiger partial charge in [-0.1, -0.05) is 36.4 Å². The smallest absolute Gasteiger partial charge is 0.161 e. The van der Waals surface area contributed by atoms with E-state index < -0.39 is 0 Å². The molecule has 3 aromatic rings. The zero-order valence-electron chi connectivity index (χ0n) is 17.3. The third-order valence-corrected chi connectivity index (χ3v) is 4.79. The monoisotopic (exact) mass is 393 g/mol. The lowest BCUT2D eigenvalue weighted by molar-refractivity contribution is 0.354. The molecule has 29 heavy (non-hydrogen) atoms. The van der Waals surface area contributed by atoms with Gasteiger partial charge in [-0.05, 0) is 46.5 Å². The van der Waals surface area contributed by atoms with Crippen LogP contribution in [0.3, 0.4) is 0 Å². The van der Waals surface area contributed by atoms with E-state index in [1.54, 1.807) is 28.4 Å². The lowest BCUT2D eigenvalue weighted by Gasteiger charge is -2.16. The number of benzene rings is 3. The first kappa shape index (κ1) is 20.6. The molecule has 0 saturated carbocycles. The average Bonchev–Trinajstić information content (AvgIpc) is 2.79. The zero-order valence-corrected chi connectivity index (χ0v) is 17.3.